The molecule has 22 heavy (non-hydrogen) atoms. The number of hydrogen-bond acceptors (Lipinski definition) is 3. The standard InChI is InChI=1S/C17H16FN3O/c18-13-4-5-16-14(8-13)15(6-7-22-16)19-9-11-2-1-3-12-10-20-21-17(11)12/h1-5,8,10,15,19H,6-7,9H2,(H,20,21)/t15-/m1/s1. The monoisotopic (exact) mass is 297 g/mol. The molecular weight excluding hydrogens is 281 g/mol. The van der Waals surface area contributed by atoms with Gasteiger partial charge in [-0.15, -0.1) is 0 Å². The van der Waals surface area contributed by atoms with Crippen LogP contribution in [0.2, 0.25) is 0 Å². The van der Waals surface area contributed by atoms with Crippen molar-refractivity contribution in [3.05, 3.63) is 59.5 Å². The molecule has 1 aromatic heterocycles. The van der Waals surface area contributed by atoms with Crippen LogP contribution in [0.1, 0.15) is 23.6 Å². The van der Waals surface area contributed by atoms with E-state index < -0.39 is 0 Å². The molecule has 1 aliphatic heterocycles. The highest BCUT2D eigenvalue weighted by Gasteiger charge is 2.21. The van der Waals surface area contributed by atoms with Gasteiger partial charge in [0.2, 0.25) is 0 Å². The Bertz CT molecular complexity index is 815. The van der Waals surface area contributed by atoms with Gasteiger partial charge in [0.15, 0.2) is 0 Å². The highest BCUT2D eigenvalue weighted by atomic mass is 19.1. The zero-order valence-corrected chi connectivity index (χ0v) is 12.0. The van der Waals surface area contributed by atoms with Crippen LogP contribution in [0.15, 0.2) is 42.6 Å². The maximum absolute atomic E-state index is 13.5. The van der Waals surface area contributed by atoms with E-state index in [1.165, 1.54) is 6.07 Å². The highest BCUT2D eigenvalue weighted by Crippen LogP contribution is 2.32. The average Bonchev–Trinajstić information content (AvgIpc) is 3.02. The third kappa shape index (κ3) is 2.33. The van der Waals surface area contributed by atoms with Crippen molar-refractivity contribution < 1.29 is 9.13 Å². The number of aromatic amines is 1. The second-order valence-corrected chi connectivity index (χ2v) is 5.50. The minimum Gasteiger partial charge on any atom is -0.493 e. The first-order valence-electron chi connectivity index (χ1n) is 7.38. The van der Waals surface area contributed by atoms with Crippen molar-refractivity contribution >= 4 is 10.9 Å². The van der Waals surface area contributed by atoms with Crippen molar-refractivity contribution in [2.24, 2.45) is 0 Å². The van der Waals surface area contributed by atoms with Gasteiger partial charge in [-0.3, -0.25) is 5.10 Å². The number of nitrogens with one attached hydrogen (secondary N) is 2. The summed E-state index contributed by atoms with van der Waals surface area (Å²) >= 11 is 0. The Morgan fingerprint density at radius 3 is 3.23 bits per heavy atom. The van der Waals surface area contributed by atoms with Crippen LogP contribution >= 0.6 is 0 Å². The number of para-hydroxylation sites is 1. The fraction of sp³-hybridized carbons (Fsp3) is 0.235. The van der Waals surface area contributed by atoms with E-state index in [-0.39, 0.29) is 11.9 Å². The summed E-state index contributed by atoms with van der Waals surface area (Å²) in [5.41, 5.74) is 3.09. The van der Waals surface area contributed by atoms with E-state index in [0.717, 1.165) is 34.2 Å². The van der Waals surface area contributed by atoms with Gasteiger partial charge in [0.05, 0.1) is 18.3 Å². The lowest BCUT2D eigenvalue weighted by Crippen LogP contribution is -2.27. The van der Waals surface area contributed by atoms with Crippen molar-refractivity contribution in [2.45, 2.75) is 19.0 Å². The highest BCUT2D eigenvalue weighted by molar-refractivity contribution is 5.81. The predicted molar refractivity (Wildman–Crippen MR) is 82.2 cm³/mol. The third-order valence-corrected chi connectivity index (χ3v) is 4.11. The molecule has 2 N–H and O–H groups in total. The van der Waals surface area contributed by atoms with E-state index in [0.29, 0.717) is 13.2 Å². The summed E-state index contributed by atoms with van der Waals surface area (Å²) in [6.45, 7) is 1.34. The third-order valence-electron chi connectivity index (χ3n) is 4.11. The van der Waals surface area contributed by atoms with Gasteiger partial charge in [0, 0.05) is 30.0 Å². The summed E-state index contributed by atoms with van der Waals surface area (Å²) in [7, 11) is 0. The first-order valence-corrected chi connectivity index (χ1v) is 7.38. The molecule has 0 aliphatic carbocycles. The number of hydrogen-bond donors (Lipinski definition) is 2. The number of fused-ring (bicyclic) bond motifs is 2. The average molecular weight is 297 g/mol. The van der Waals surface area contributed by atoms with Crippen LogP contribution in [0.5, 0.6) is 5.75 Å². The van der Waals surface area contributed by atoms with E-state index in [4.69, 9.17) is 4.74 Å². The van der Waals surface area contributed by atoms with Gasteiger partial charge in [-0.25, -0.2) is 4.39 Å². The fourth-order valence-corrected chi connectivity index (χ4v) is 2.99. The molecule has 0 fully saturated rings. The van der Waals surface area contributed by atoms with Crippen molar-refractivity contribution in [3.8, 4) is 5.75 Å². The molecule has 3 aromatic rings. The Kier molecular flexibility index (Phi) is 3.27. The summed E-state index contributed by atoms with van der Waals surface area (Å²) in [4.78, 5) is 0. The molecule has 4 rings (SSSR count). The molecular formula is C17H16FN3O. The number of H-pyrrole nitrogens is 1. The van der Waals surface area contributed by atoms with Crippen LogP contribution in [0.4, 0.5) is 4.39 Å². The minimum atomic E-state index is -0.230. The van der Waals surface area contributed by atoms with Gasteiger partial charge in [-0.2, -0.15) is 5.10 Å². The Morgan fingerprint density at radius 2 is 2.27 bits per heavy atom. The SMILES string of the molecule is Fc1ccc2c(c1)[C@H](NCc1cccc3cn[nH]c13)CCO2. The lowest BCUT2D eigenvalue weighted by molar-refractivity contribution is 0.251. The molecule has 0 unspecified atom stereocenters. The van der Waals surface area contributed by atoms with Crippen molar-refractivity contribution in [2.75, 3.05) is 6.61 Å². The Labute approximate surface area is 127 Å². The Hall–Kier alpha value is -2.40. The molecule has 0 saturated heterocycles. The van der Waals surface area contributed by atoms with Crippen LogP contribution in [0.3, 0.4) is 0 Å². The summed E-state index contributed by atoms with van der Waals surface area (Å²) in [5, 5.41) is 11.7. The van der Waals surface area contributed by atoms with Crippen LogP contribution < -0.4 is 10.1 Å². The molecule has 4 nitrogen and oxygen atoms in total. The first kappa shape index (κ1) is 13.3. The Balaban J connectivity index is 1.58. The van der Waals surface area contributed by atoms with Crippen LogP contribution in [-0.4, -0.2) is 16.8 Å². The Morgan fingerprint density at radius 1 is 1.32 bits per heavy atom. The number of rotatable bonds is 3. The topological polar surface area (TPSA) is 49.9 Å². The summed E-state index contributed by atoms with van der Waals surface area (Å²) in [6.07, 6.45) is 2.65. The van der Waals surface area contributed by atoms with Gasteiger partial charge >= 0.3 is 0 Å². The fourth-order valence-electron chi connectivity index (χ4n) is 2.99. The number of aromatic nitrogens is 2. The largest absolute Gasteiger partial charge is 0.493 e. The maximum atomic E-state index is 13.5. The lowest BCUT2D eigenvalue weighted by Gasteiger charge is -2.27. The number of benzene rings is 2. The van der Waals surface area contributed by atoms with Crippen molar-refractivity contribution in [3.63, 3.8) is 0 Å². The van der Waals surface area contributed by atoms with Crippen molar-refractivity contribution in [1.29, 1.82) is 0 Å². The van der Waals surface area contributed by atoms with Gasteiger partial charge in [-0.1, -0.05) is 18.2 Å². The summed E-state index contributed by atoms with van der Waals surface area (Å²) in [6, 6.07) is 10.9. The lowest BCUT2D eigenvalue weighted by atomic mass is 10.00. The van der Waals surface area contributed by atoms with Crippen LogP contribution in [0, 0.1) is 5.82 Å². The molecule has 2 heterocycles. The molecule has 1 aliphatic rings. The number of halogens is 1. The molecule has 0 radical (unpaired) electrons. The molecule has 0 spiro atoms. The van der Waals surface area contributed by atoms with E-state index in [1.54, 1.807) is 12.1 Å². The zero-order valence-electron chi connectivity index (χ0n) is 12.0. The van der Waals surface area contributed by atoms with Gasteiger partial charge < -0.3 is 10.1 Å². The smallest absolute Gasteiger partial charge is 0.124 e. The van der Waals surface area contributed by atoms with E-state index >= 15 is 0 Å². The molecule has 0 saturated carbocycles. The van der Waals surface area contributed by atoms with Crippen LogP contribution in [-0.2, 0) is 6.54 Å². The second-order valence-electron chi connectivity index (χ2n) is 5.50. The molecule has 112 valence electrons. The maximum Gasteiger partial charge on any atom is 0.124 e. The quantitative estimate of drug-likeness (QED) is 0.779. The molecule has 1 atom stereocenters. The van der Waals surface area contributed by atoms with E-state index in [2.05, 4.69) is 21.6 Å². The first-order chi connectivity index (χ1) is 10.8. The summed E-state index contributed by atoms with van der Waals surface area (Å²) < 4.78 is 19.1. The van der Waals surface area contributed by atoms with Gasteiger partial charge in [-0.05, 0) is 23.8 Å². The van der Waals surface area contributed by atoms with Crippen LogP contribution in [0.25, 0.3) is 10.9 Å². The number of ether oxygens (including phenoxy) is 1. The predicted octanol–water partition coefficient (Wildman–Crippen LogP) is 3.32. The molecule has 0 bridgehead atoms. The van der Waals surface area contributed by atoms with E-state index in [9.17, 15) is 4.39 Å². The second kappa shape index (κ2) is 5.42. The number of nitrogens with zero attached hydrogens (tertiary/aromatic N) is 1. The van der Waals surface area contributed by atoms with E-state index in [1.807, 2.05) is 18.3 Å². The van der Waals surface area contributed by atoms with Gasteiger partial charge in [0.25, 0.3) is 0 Å². The zero-order chi connectivity index (χ0) is 14.9. The van der Waals surface area contributed by atoms with Crippen molar-refractivity contribution in [1.82, 2.24) is 15.5 Å². The molecule has 2 aromatic carbocycles. The molecule has 5 heteroatoms. The van der Waals surface area contributed by atoms with Gasteiger partial charge in [0.1, 0.15) is 11.6 Å². The molecule has 0 amide bonds. The summed E-state index contributed by atoms with van der Waals surface area (Å²) in [5.74, 6) is 0.539. The minimum absolute atomic E-state index is 0.0950. The normalized spacial score (nSPS) is 17.2.